The summed E-state index contributed by atoms with van der Waals surface area (Å²) in [7, 11) is 0. The number of carbonyl (C=O) groups is 1. The third-order valence-corrected chi connectivity index (χ3v) is 4.82. The fourth-order valence-corrected chi connectivity index (χ4v) is 2.89. The molecular weight excluding hydrogens is 310 g/mol. The van der Waals surface area contributed by atoms with Gasteiger partial charge in [0.05, 0.1) is 16.6 Å². The summed E-state index contributed by atoms with van der Waals surface area (Å²) >= 11 is 1.54. The van der Waals surface area contributed by atoms with E-state index in [2.05, 4.69) is 10.3 Å². The van der Waals surface area contributed by atoms with Crippen molar-refractivity contribution >= 4 is 22.9 Å². The number of carbonyl (C=O) groups excluding carboxylic acids is 1. The van der Waals surface area contributed by atoms with Crippen LogP contribution in [-0.2, 0) is 11.4 Å². The van der Waals surface area contributed by atoms with E-state index in [1.165, 1.54) is 11.3 Å². The summed E-state index contributed by atoms with van der Waals surface area (Å²) in [5.74, 6) is 0.656. The lowest BCUT2D eigenvalue weighted by molar-refractivity contribution is -0.125. The van der Waals surface area contributed by atoms with Gasteiger partial charge in [-0.2, -0.15) is 0 Å². The number of aromatic nitrogens is 1. The molecule has 1 aromatic carbocycles. The molecule has 1 heterocycles. The first-order chi connectivity index (χ1) is 11.1. The van der Waals surface area contributed by atoms with Gasteiger partial charge in [0.15, 0.2) is 0 Å². The molecule has 6 heteroatoms. The molecule has 2 rings (SSSR count). The number of ether oxygens (including phenoxy) is 1. The van der Waals surface area contributed by atoms with Gasteiger partial charge >= 0.3 is 0 Å². The lowest BCUT2D eigenvalue weighted by atomic mass is 9.81. The number of benzene rings is 1. The average Bonchev–Trinajstić information content (AvgIpc) is 3.09. The van der Waals surface area contributed by atoms with Crippen molar-refractivity contribution < 1.29 is 9.53 Å². The van der Waals surface area contributed by atoms with Crippen LogP contribution in [-0.4, -0.2) is 17.4 Å². The Morgan fingerprint density at radius 2 is 2.17 bits per heavy atom. The van der Waals surface area contributed by atoms with Crippen molar-refractivity contribution in [1.29, 1.82) is 0 Å². The number of thiazole rings is 1. The van der Waals surface area contributed by atoms with Crippen LogP contribution in [0.3, 0.4) is 0 Å². The zero-order valence-corrected chi connectivity index (χ0v) is 14.4. The molecule has 3 N–H and O–H groups in total. The molecule has 23 heavy (non-hydrogen) atoms. The number of rotatable bonds is 8. The van der Waals surface area contributed by atoms with Crippen molar-refractivity contribution in [3.05, 3.63) is 40.8 Å². The highest BCUT2D eigenvalue weighted by atomic mass is 32.1. The van der Waals surface area contributed by atoms with Crippen molar-refractivity contribution in [2.75, 3.05) is 11.9 Å². The number of anilines is 1. The Labute approximate surface area is 140 Å². The van der Waals surface area contributed by atoms with E-state index in [1.807, 2.05) is 43.5 Å². The Kier molecular flexibility index (Phi) is 6.12. The number of amides is 1. The van der Waals surface area contributed by atoms with Gasteiger partial charge in [-0.1, -0.05) is 19.9 Å². The fraction of sp³-hybridized carbons (Fsp3) is 0.412. The summed E-state index contributed by atoms with van der Waals surface area (Å²) in [6, 6.07) is 7.38. The number of nitrogens with one attached hydrogen (secondary N) is 1. The smallest absolute Gasteiger partial charge is 0.231 e. The molecule has 0 unspecified atom stereocenters. The molecule has 0 atom stereocenters. The number of nitrogens with zero attached hydrogens (tertiary/aromatic N) is 1. The maximum atomic E-state index is 12.5. The maximum absolute atomic E-state index is 12.5. The Balaban J connectivity index is 2.03. The highest BCUT2D eigenvalue weighted by molar-refractivity contribution is 7.07. The third-order valence-electron chi connectivity index (χ3n) is 4.19. The van der Waals surface area contributed by atoms with Crippen LogP contribution < -0.4 is 15.8 Å². The summed E-state index contributed by atoms with van der Waals surface area (Å²) in [5, 5.41) is 4.90. The second-order valence-corrected chi connectivity index (χ2v) is 6.16. The van der Waals surface area contributed by atoms with E-state index in [0.717, 1.165) is 5.69 Å². The maximum Gasteiger partial charge on any atom is 0.231 e. The van der Waals surface area contributed by atoms with Crippen LogP contribution in [0.4, 0.5) is 5.69 Å². The summed E-state index contributed by atoms with van der Waals surface area (Å²) < 4.78 is 5.71. The SMILES string of the molecule is CCC(CC)(CN)C(=O)Nc1cccc(OCc2cscn2)c1. The monoisotopic (exact) mass is 333 g/mol. The Hall–Kier alpha value is -1.92. The first-order valence-corrected chi connectivity index (χ1v) is 8.69. The fourth-order valence-electron chi connectivity index (χ4n) is 2.35. The van der Waals surface area contributed by atoms with Crippen molar-refractivity contribution in [1.82, 2.24) is 4.98 Å². The minimum atomic E-state index is -0.516. The quantitative estimate of drug-likeness (QED) is 0.776. The average molecular weight is 333 g/mol. The van der Waals surface area contributed by atoms with Gasteiger partial charge in [-0.25, -0.2) is 4.98 Å². The Morgan fingerprint density at radius 3 is 2.78 bits per heavy atom. The van der Waals surface area contributed by atoms with E-state index >= 15 is 0 Å². The predicted molar refractivity (Wildman–Crippen MR) is 93.6 cm³/mol. The van der Waals surface area contributed by atoms with Crippen LogP contribution in [0.25, 0.3) is 0 Å². The van der Waals surface area contributed by atoms with Gasteiger partial charge in [0.1, 0.15) is 12.4 Å². The lowest BCUT2D eigenvalue weighted by Crippen LogP contribution is -2.41. The van der Waals surface area contributed by atoms with Crippen LogP contribution in [0.15, 0.2) is 35.2 Å². The Bertz CT molecular complexity index is 616. The molecule has 0 bridgehead atoms. The van der Waals surface area contributed by atoms with Gasteiger partial charge in [-0.15, -0.1) is 11.3 Å². The van der Waals surface area contributed by atoms with Crippen molar-refractivity contribution in [3.8, 4) is 5.75 Å². The first-order valence-electron chi connectivity index (χ1n) is 7.75. The molecule has 5 nitrogen and oxygen atoms in total. The first kappa shape index (κ1) is 17.4. The predicted octanol–water partition coefficient (Wildman–Crippen LogP) is 3.43. The zero-order valence-electron chi connectivity index (χ0n) is 13.5. The van der Waals surface area contributed by atoms with Crippen molar-refractivity contribution in [2.45, 2.75) is 33.3 Å². The molecule has 1 aromatic heterocycles. The lowest BCUT2D eigenvalue weighted by Gasteiger charge is -2.28. The van der Waals surface area contributed by atoms with Gasteiger partial charge in [0, 0.05) is 23.7 Å². The van der Waals surface area contributed by atoms with E-state index in [4.69, 9.17) is 10.5 Å². The molecule has 0 spiro atoms. The molecule has 1 amide bonds. The van der Waals surface area contributed by atoms with Crippen molar-refractivity contribution in [3.63, 3.8) is 0 Å². The molecule has 0 saturated heterocycles. The molecule has 0 aliphatic rings. The van der Waals surface area contributed by atoms with E-state index in [-0.39, 0.29) is 5.91 Å². The Morgan fingerprint density at radius 1 is 1.39 bits per heavy atom. The highest BCUT2D eigenvalue weighted by Gasteiger charge is 2.33. The van der Waals surface area contributed by atoms with E-state index < -0.39 is 5.41 Å². The molecule has 0 fully saturated rings. The molecule has 124 valence electrons. The zero-order chi connectivity index (χ0) is 16.7. The molecule has 0 aliphatic carbocycles. The van der Waals surface area contributed by atoms with Crippen molar-refractivity contribution in [2.24, 2.45) is 11.1 Å². The van der Waals surface area contributed by atoms with Gasteiger partial charge in [0.2, 0.25) is 5.91 Å². The summed E-state index contributed by atoms with van der Waals surface area (Å²) in [4.78, 5) is 16.7. The van der Waals surface area contributed by atoms with Crippen LogP contribution in [0.1, 0.15) is 32.4 Å². The van der Waals surface area contributed by atoms with Gasteiger partial charge in [-0.3, -0.25) is 4.79 Å². The second-order valence-electron chi connectivity index (χ2n) is 5.44. The molecule has 0 aliphatic heterocycles. The molecule has 0 saturated carbocycles. The number of nitrogens with two attached hydrogens (primary N) is 1. The van der Waals surface area contributed by atoms with Gasteiger partial charge in [-0.05, 0) is 25.0 Å². The number of hydrogen-bond donors (Lipinski definition) is 2. The largest absolute Gasteiger partial charge is 0.487 e. The summed E-state index contributed by atoms with van der Waals surface area (Å²) in [6.45, 7) is 4.73. The molecule has 2 aromatic rings. The summed E-state index contributed by atoms with van der Waals surface area (Å²) in [6.07, 6.45) is 1.43. The second kappa shape index (κ2) is 8.08. The normalized spacial score (nSPS) is 11.3. The highest BCUT2D eigenvalue weighted by Crippen LogP contribution is 2.28. The number of hydrogen-bond acceptors (Lipinski definition) is 5. The standard InChI is InChI=1S/C17H23N3O2S/c1-3-17(4-2,11-18)16(21)20-13-6-5-7-15(8-13)22-9-14-10-23-12-19-14/h5-8,10,12H,3-4,9,11,18H2,1-2H3,(H,20,21). The molecule has 0 radical (unpaired) electrons. The van der Waals surface area contributed by atoms with Crippen LogP contribution in [0, 0.1) is 5.41 Å². The van der Waals surface area contributed by atoms with Gasteiger partial charge < -0.3 is 15.8 Å². The third kappa shape index (κ3) is 4.30. The minimum Gasteiger partial charge on any atom is -0.487 e. The van der Waals surface area contributed by atoms with E-state index in [1.54, 1.807) is 5.51 Å². The van der Waals surface area contributed by atoms with Crippen LogP contribution >= 0.6 is 11.3 Å². The summed E-state index contributed by atoms with van der Waals surface area (Å²) in [5.41, 5.74) is 8.69. The van der Waals surface area contributed by atoms with E-state index in [0.29, 0.717) is 37.4 Å². The van der Waals surface area contributed by atoms with Crippen LogP contribution in [0.2, 0.25) is 0 Å². The molecular formula is C17H23N3O2S. The minimum absolute atomic E-state index is 0.0401. The topological polar surface area (TPSA) is 77.2 Å². The van der Waals surface area contributed by atoms with E-state index in [9.17, 15) is 4.79 Å². The van der Waals surface area contributed by atoms with Gasteiger partial charge in [0.25, 0.3) is 0 Å². The van der Waals surface area contributed by atoms with Crippen LogP contribution in [0.5, 0.6) is 5.75 Å².